The van der Waals surface area contributed by atoms with Crippen molar-refractivity contribution in [1.82, 2.24) is 15.2 Å². The molecule has 5 heteroatoms. The van der Waals surface area contributed by atoms with Crippen molar-refractivity contribution in [1.29, 1.82) is 0 Å². The van der Waals surface area contributed by atoms with Gasteiger partial charge < -0.3 is 15.0 Å². The van der Waals surface area contributed by atoms with Crippen molar-refractivity contribution in [2.75, 3.05) is 12.4 Å². The zero-order chi connectivity index (χ0) is 16.8. The highest BCUT2D eigenvalue weighted by Crippen LogP contribution is 2.44. The maximum absolute atomic E-state index is 5.61. The van der Waals surface area contributed by atoms with Gasteiger partial charge in [-0.1, -0.05) is 36.4 Å². The van der Waals surface area contributed by atoms with Crippen molar-refractivity contribution < 1.29 is 4.74 Å². The Morgan fingerprint density at radius 3 is 2.72 bits per heavy atom. The van der Waals surface area contributed by atoms with E-state index in [1.807, 2.05) is 42.7 Å². The third kappa shape index (κ3) is 2.02. The van der Waals surface area contributed by atoms with Crippen LogP contribution in [0.15, 0.2) is 60.9 Å². The quantitative estimate of drug-likeness (QED) is 0.580. The predicted octanol–water partition coefficient (Wildman–Crippen LogP) is 4.15. The fraction of sp³-hybridized carbons (Fsp3) is 0.100. The van der Waals surface area contributed by atoms with Crippen LogP contribution in [0.5, 0.6) is 5.75 Å². The Hall–Kier alpha value is -3.34. The summed E-state index contributed by atoms with van der Waals surface area (Å²) in [7, 11) is 1.70. The van der Waals surface area contributed by atoms with E-state index in [9.17, 15) is 0 Å². The van der Waals surface area contributed by atoms with Crippen molar-refractivity contribution in [3.8, 4) is 16.9 Å². The number of benzene rings is 2. The Labute approximate surface area is 144 Å². The first-order valence-electron chi connectivity index (χ1n) is 8.18. The number of aromatic nitrogens is 3. The molecule has 0 amide bonds. The molecule has 1 unspecified atom stereocenters. The SMILES string of the molecule is COc1ccccc1C1Nc2ccccc2-c2cnnc3[nH]cc1c23. The van der Waals surface area contributed by atoms with Crippen LogP contribution in [0.1, 0.15) is 17.2 Å². The molecular formula is C20H16N4O. The number of aromatic amines is 1. The van der Waals surface area contributed by atoms with E-state index >= 15 is 0 Å². The van der Waals surface area contributed by atoms with Gasteiger partial charge in [-0.2, -0.15) is 5.10 Å². The molecular weight excluding hydrogens is 312 g/mol. The van der Waals surface area contributed by atoms with Crippen LogP contribution in [0.2, 0.25) is 0 Å². The van der Waals surface area contributed by atoms with Gasteiger partial charge in [0.1, 0.15) is 5.75 Å². The standard InChI is InChI=1S/C20H16N4O/c1-25-17-9-5-3-7-13(17)19-15-10-21-20-18(15)14(11-22-24-20)12-6-2-4-8-16(12)23-19/h2-11,19,23H,1H3,(H,21,24). The summed E-state index contributed by atoms with van der Waals surface area (Å²) in [6.07, 6.45) is 3.85. The van der Waals surface area contributed by atoms with Gasteiger partial charge >= 0.3 is 0 Å². The van der Waals surface area contributed by atoms with E-state index in [2.05, 4.69) is 38.7 Å². The number of anilines is 1. The third-order valence-corrected chi connectivity index (χ3v) is 4.78. The summed E-state index contributed by atoms with van der Waals surface area (Å²) in [6, 6.07) is 16.4. The molecule has 1 aliphatic heterocycles. The summed E-state index contributed by atoms with van der Waals surface area (Å²) >= 11 is 0. The minimum Gasteiger partial charge on any atom is -0.496 e. The average molecular weight is 328 g/mol. The number of hydrogen-bond donors (Lipinski definition) is 2. The third-order valence-electron chi connectivity index (χ3n) is 4.78. The smallest absolute Gasteiger partial charge is 0.160 e. The van der Waals surface area contributed by atoms with E-state index in [1.54, 1.807) is 7.11 Å². The first-order chi connectivity index (χ1) is 12.4. The molecule has 5 nitrogen and oxygen atoms in total. The fourth-order valence-electron chi connectivity index (χ4n) is 3.66. The van der Waals surface area contributed by atoms with E-state index in [-0.39, 0.29) is 6.04 Å². The molecule has 3 heterocycles. The molecule has 0 aliphatic carbocycles. The van der Waals surface area contributed by atoms with Crippen LogP contribution in [0.3, 0.4) is 0 Å². The lowest BCUT2D eigenvalue weighted by Gasteiger charge is -2.21. The highest BCUT2D eigenvalue weighted by molar-refractivity contribution is 6.00. The molecule has 25 heavy (non-hydrogen) atoms. The van der Waals surface area contributed by atoms with Crippen LogP contribution >= 0.6 is 0 Å². The zero-order valence-corrected chi connectivity index (χ0v) is 13.7. The molecule has 5 rings (SSSR count). The van der Waals surface area contributed by atoms with E-state index in [4.69, 9.17) is 4.74 Å². The molecule has 0 bridgehead atoms. The number of rotatable bonds is 2. The van der Waals surface area contributed by atoms with Crippen LogP contribution < -0.4 is 10.1 Å². The van der Waals surface area contributed by atoms with Gasteiger partial charge in [-0.15, -0.1) is 5.10 Å². The van der Waals surface area contributed by atoms with Crippen molar-refractivity contribution in [3.63, 3.8) is 0 Å². The maximum Gasteiger partial charge on any atom is 0.160 e. The lowest BCUT2D eigenvalue weighted by molar-refractivity contribution is 0.409. The second-order valence-electron chi connectivity index (χ2n) is 6.09. The topological polar surface area (TPSA) is 62.8 Å². The number of nitrogens with zero attached hydrogens (tertiary/aromatic N) is 2. The van der Waals surface area contributed by atoms with E-state index in [0.29, 0.717) is 0 Å². The molecule has 0 radical (unpaired) electrons. The molecule has 2 aromatic heterocycles. The normalized spacial score (nSPS) is 15.3. The summed E-state index contributed by atoms with van der Waals surface area (Å²) in [4.78, 5) is 3.26. The van der Waals surface area contributed by atoms with Crippen molar-refractivity contribution >= 4 is 16.7 Å². The number of para-hydroxylation sites is 2. The van der Waals surface area contributed by atoms with Crippen LogP contribution in [0, 0.1) is 0 Å². The zero-order valence-electron chi connectivity index (χ0n) is 13.7. The summed E-state index contributed by atoms with van der Waals surface area (Å²) in [5, 5.41) is 13.2. The lowest BCUT2D eigenvalue weighted by atomic mass is 9.97. The van der Waals surface area contributed by atoms with E-state index in [1.165, 1.54) is 0 Å². The van der Waals surface area contributed by atoms with Crippen molar-refractivity contribution in [3.05, 3.63) is 72.1 Å². The van der Waals surface area contributed by atoms with Gasteiger partial charge in [-0.25, -0.2) is 0 Å². The Kier molecular flexibility index (Phi) is 3.00. The van der Waals surface area contributed by atoms with E-state index < -0.39 is 0 Å². The largest absolute Gasteiger partial charge is 0.496 e. The summed E-state index contributed by atoms with van der Waals surface area (Å²) < 4.78 is 5.61. The van der Waals surface area contributed by atoms with Crippen LogP contribution in [-0.4, -0.2) is 22.3 Å². The van der Waals surface area contributed by atoms with Gasteiger partial charge in [0.2, 0.25) is 0 Å². The van der Waals surface area contributed by atoms with Gasteiger partial charge in [0.05, 0.1) is 19.3 Å². The molecule has 122 valence electrons. The highest BCUT2D eigenvalue weighted by Gasteiger charge is 2.27. The second-order valence-corrected chi connectivity index (χ2v) is 6.09. The lowest BCUT2D eigenvalue weighted by Crippen LogP contribution is -2.12. The van der Waals surface area contributed by atoms with Gasteiger partial charge in [0.25, 0.3) is 0 Å². The molecule has 0 saturated carbocycles. The number of fused-ring (bicyclic) bond motifs is 2. The minimum absolute atomic E-state index is 0.0449. The summed E-state index contributed by atoms with van der Waals surface area (Å²) in [5.41, 5.74) is 6.31. The second kappa shape index (κ2) is 5.34. The molecule has 0 spiro atoms. The maximum atomic E-state index is 5.61. The Morgan fingerprint density at radius 1 is 0.960 bits per heavy atom. The van der Waals surface area contributed by atoms with Crippen LogP contribution in [0.25, 0.3) is 22.2 Å². The fourth-order valence-corrected chi connectivity index (χ4v) is 3.66. The molecule has 1 aliphatic rings. The Bertz CT molecular complexity index is 1090. The van der Waals surface area contributed by atoms with Gasteiger partial charge in [0.15, 0.2) is 5.65 Å². The number of hydrogen-bond acceptors (Lipinski definition) is 4. The number of methoxy groups -OCH3 is 1. The molecule has 0 saturated heterocycles. The van der Waals surface area contributed by atoms with Crippen LogP contribution in [0.4, 0.5) is 5.69 Å². The highest BCUT2D eigenvalue weighted by atomic mass is 16.5. The Morgan fingerprint density at radius 2 is 1.80 bits per heavy atom. The molecule has 2 N–H and O–H groups in total. The van der Waals surface area contributed by atoms with Crippen molar-refractivity contribution in [2.45, 2.75) is 6.04 Å². The summed E-state index contributed by atoms with van der Waals surface area (Å²) in [6.45, 7) is 0. The first kappa shape index (κ1) is 14.0. The first-order valence-corrected chi connectivity index (χ1v) is 8.18. The molecule has 0 fully saturated rings. The number of ether oxygens (including phenoxy) is 1. The Balaban J connectivity index is 1.85. The molecule has 4 aromatic rings. The minimum atomic E-state index is -0.0449. The number of H-pyrrole nitrogens is 1. The molecule has 1 atom stereocenters. The van der Waals surface area contributed by atoms with Crippen LogP contribution in [-0.2, 0) is 0 Å². The van der Waals surface area contributed by atoms with Gasteiger partial charge in [0, 0.05) is 39.5 Å². The van der Waals surface area contributed by atoms with Gasteiger partial charge in [-0.3, -0.25) is 0 Å². The average Bonchev–Trinajstić information content (AvgIpc) is 3.04. The monoisotopic (exact) mass is 328 g/mol. The molecule has 2 aromatic carbocycles. The predicted molar refractivity (Wildman–Crippen MR) is 97.8 cm³/mol. The number of nitrogens with one attached hydrogen (secondary N) is 2. The summed E-state index contributed by atoms with van der Waals surface area (Å²) in [5.74, 6) is 0.859. The van der Waals surface area contributed by atoms with Crippen molar-refractivity contribution in [2.24, 2.45) is 0 Å². The van der Waals surface area contributed by atoms with E-state index in [0.717, 1.165) is 44.7 Å². The van der Waals surface area contributed by atoms with Gasteiger partial charge in [-0.05, 0) is 12.1 Å².